The predicted molar refractivity (Wildman–Crippen MR) is 63.0 cm³/mol. The molecule has 1 saturated heterocycles. The first-order valence-electron chi connectivity index (χ1n) is 5.70. The highest BCUT2D eigenvalue weighted by atomic mass is 16.5. The van der Waals surface area contributed by atoms with Gasteiger partial charge in [0.05, 0.1) is 6.61 Å². The van der Waals surface area contributed by atoms with Crippen molar-refractivity contribution in [1.29, 1.82) is 0 Å². The predicted octanol–water partition coefficient (Wildman–Crippen LogP) is -1.99. The van der Waals surface area contributed by atoms with Gasteiger partial charge in [0.25, 0.3) is 5.91 Å². The summed E-state index contributed by atoms with van der Waals surface area (Å²) < 4.78 is 4.58. The first-order chi connectivity index (χ1) is 9.36. The summed E-state index contributed by atoms with van der Waals surface area (Å²) in [6.45, 7) is 0.215. The number of nitrogens with one attached hydrogen (secondary N) is 1. The summed E-state index contributed by atoms with van der Waals surface area (Å²) in [5.41, 5.74) is 4.88. The number of carbonyl (C=O) groups excluding carboxylic acids is 5. The van der Waals surface area contributed by atoms with Gasteiger partial charge in [0, 0.05) is 0 Å². The molecule has 0 aromatic rings. The van der Waals surface area contributed by atoms with E-state index < -0.39 is 49.5 Å². The maximum Gasteiger partial charge on any atom is 0.335 e. The Hall–Kier alpha value is -2.65. The molecular formula is C10H14N4O6. The molecule has 1 fully saturated rings. The highest BCUT2D eigenvalue weighted by molar-refractivity contribution is 6.11. The Balaban J connectivity index is 2.58. The number of nitrogens with two attached hydrogens (primary N) is 1. The Kier molecular flexibility index (Phi) is 5.01. The fourth-order valence-corrected chi connectivity index (χ4v) is 1.47. The van der Waals surface area contributed by atoms with Gasteiger partial charge in [-0.25, -0.2) is 14.5 Å². The van der Waals surface area contributed by atoms with Crippen molar-refractivity contribution in [2.45, 2.75) is 6.92 Å². The number of hydrogen-bond acceptors (Lipinski definition) is 6. The minimum atomic E-state index is -0.963. The molecular weight excluding hydrogens is 272 g/mol. The number of urea groups is 2. The highest BCUT2D eigenvalue weighted by Crippen LogP contribution is 2.09. The number of amides is 6. The second kappa shape index (κ2) is 6.50. The molecule has 110 valence electrons. The summed E-state index contributed by atoms with van der Waals surface area (Å²) in [5.74, 6) is -2.27. The van der Waals surface area contributed by atoms with Crippen molar-refractivity contribution in [3.8, 4) is 0 Å². The van der Waals surface area contributed by atoms with Crippen LogP contribution >= 0.6 is 0 Å². The lowest BCUT2D eigenvalue weighted by molar-refractivity contribution is -0.141. The van der Waals surface area contributed by atoms with Gasteiger partial charge in [-0.05, 0) is 6.92 Å². The van der Waals surface area contributed by atoms with E-state index in [0.29, 0.717) is 9.80 Å². The molecule has 10 heteroatoms. The Morgan fingerprint density at radius 3 is 2.55 bits per heavy atom. The number of nitrogens with zero attached hydrogens (tertiary/aromatic N) is 2. The largest absolute Gasteiger partial charge is 0.465 e. The molecule has 6 amide bonds. The van der Waals surface area contributed by atoms with Crippen molar-refractivity contribution in [3.05, 3.63) is 0 Å². The minimum Gasteiger partial charge on any atom is -0.465 e. The molecule has 3 N–H and O–H groups in total. The van der Waals surface area contributed by atoms with Crippen molar-refractivity contribution >= 4 is 29.8 Å². The monoisotopic (exact) mass is 286 g/mol. The molecule has 0 spiro atoms. The third-order valence-electron chi connectivity index (χ3n) is 2.30. The first-order valence-corrected chi connectivity index (χ1v) is 5.70. The fraction of sp³-hybridized carbons (Fsp3) is 0.500. The minimum absolute atomic E-state index is 0.155. The number of primary amides is 1. The summed E-state index contributed by atoms with van der Waals surface area (Å²) in [7, 11) is 0. The van der Waals surface area contributed by atoms with Crippen molar-refractivity contribution in [1.82, 2.24) is 15.1 Å². The smallest absolute Gasteiger partial charge is 0.335 e. The van der Waals surface area contributed by atoms with E-state index in [4.69, 9.17) is 5.73 Å². The second-order valence-corrected chi connectivity index (χ2v) is 3.78. The molecule has 1 heterocycles. The molecule has 0 bridgehead atoms. The fourth-order valence-electron chi connectivity index (χ4n) is 1.47. The Bertz CT molecular complexity index is 463. The number of imide groups is 2. The zero-order chi connectivity index (χ0) is 15.3. The molecule has 0 aromatic carbocycles. The van der Waals surface area contributed by atoms with Gasteiger partial charge < -0.3 is 15.8 Å². The van der Waals surface area contributed by atoms with E-state index in [2.05, 4.69) is 10.1 Å². The maximum absolute atomic E-state index is 11.7. The van der Waals surface area contributed by atoms with Gasteiger partial charge in [-0.1, -0.05) is 0 Å². The number of carbonyl (C=O) groups is 5. The van der Waals surface area contributed by atoms with E-state index in [0.717, 1.165) is 0 Å². The van der Waals surface area contributed by atoms with Gasteiger partial charge >= 0.3 is 18.0 Å². The van der Waals surface area contributed by atoms with Crippen LogP contribution in [0.4, 0.5) is 9.59 Å². The Labute approximate surface area is 113 Å². The number of esters is 1. The molecule has 1 aliphatic rings. The summed E-state index contributed by atoms with van der Waals surface area (Å²) in [6.07, 6.45) is 0. The molecule has 0 unspecified atom stereocenters. The van der Waals surface area contributed by atoms with Gasteiger partial charge in [0.1, 0.15) is 19.6 Å². The first kappa shape index (κ1) is 15.4. The lowest BCUT2D eigenvalue weighted by Crippen LogP contribution is -2.45. The van der Waals surface area contributed by atoms with Gasteiger partial charge in [0.2, 0.25) is 5.91 Å². The standard InChI is InChI=1S/C10H14N4O6/c1-2-20-8(17)3-12-9(18)14-5-7(16)13(10(14)19)4-6(11)15/h2-5H2,1H3,(H2,11,15)(H,12,18). The van der Waals surface area contributed by atoms with E-state index in [9.17, 15) is 24.0 Å². The number of hydrogen-bond donors (Lipinski definition) is 2. The van der Waals surface area contributed by atoms with Crippen LogP contribution in [0.3, 0.4) is 0 Å². The van der Waals surface area contributed by atoms with Crippen molar-refractivity contribution in [2.75, 3.05) is 26.2 Å². The SMILES string of the molecule is CCOC(=O)CNC(=O)N1CC(=O)N(CC(N)=O)C1=O. The van der Waals surface area contributed by atoms with Gasteiger partial charge in [-0.15, -0.1) is 0 Å². The zero-order valence-corrected chi connectivity index (χ0v) is 10.7. The van der Waals surface area contributed by atoms with Crippen molar-refractivity contribution in [3.63, 3.8) is 0 Å². The molecule has 0 saturated carbocycles. The third kappa shape index (κ3) is 3.67. The van der Waals surface area contributed by atoms with Crippen LogP contribution in [0.1, 0.15) is 6.92 Å². The number of rotatable bonds is 5. The zero-order valence-electron chi connectivity index (χ0n) is 10.7. The van der Waals surface area contributed by atoms with Crippen LogP contribution in [0.5, 0.6) is 0 Å². The molecule has 0 atom stereocenters. The van der Waals surface area contributed by atoms with Gasteiger partial charge in [-0.3, -0.25) is 19.3 Å². The highest BCUT2D eigenvalue weighted by Gasteiger charge is 2.40. The van der Waals surface area contributed by atoms with Crippen LogP contribution in [0.15, 0.2) is 0 Å². The number of ether oxygens (including phenoxy) is 1. The van der Waals surface area contributed by atoms with Crippen LogP contribution in [-0.2, 0) is 19.1 Å². The third-order valence-corrected chi connectivity index (χ3v) is 2.30. The van der Waals surface area contributed by atoms with Crippen molar-refractivity contribution < 1.29 is 28.7 Å². The van der Waals surface area contributed by atoms with Crippen LogP contribution in [0.2, 0.25) is 0 Å². The molecule has 20 heavy (non-hydrogen) atoms. The Morgan fingerprint density at radius 2 is 2.00 bits per heavy atom. The Morgan fingerprint density at radius 1 is 1.35 bits per heavy atom. The lowest BCUT2D eigenvalue weighted by Gasteiger charge is -2.14. The van der Waals surface area contributed by atoms with Crippen molar-refractivity contribution in [2.24, 2.45) is 5.73 Å². The second-order valence-electron chi connectivity index (χ2n) is 3.78. The molecule has 0 aliphatic carbocycles. The molecule has 10 nitrogen and oxygen atoms in total. The van der Waals surface area contributed by atoms with Gasteiger partial charge in [0.15, 0.2) is 0 Å². The van der Waals surface area contributed by atoms with Crippen LogP contribution in [0, 0.1) is 0 Å². The average Bonchev–Trinajstić information content (AvgIpc) is 2.64. The molecule has 1 aliphatic heterocycles. The summed E-state index contributed by atoms with van der Waals surface area (Å²) in [5, 5.41) is 2.13. The van der Waals surface area contributed by atoms with E-state index in [1.54, 1.807) is 6.92 Å². The van der Waals surface area contributed by atoms with E-state index >= 15 is 0 Å². The van der Waals surface area contributed by atoms with E-state index in [1.807, 2.05) is 0 Å². The van der Waals surface area contributed by atoms with E-state index in [1.165, 1.54) is 0 Å². The molecule has 0 aromatic heterocycles. The maximum atomic E-state index is 11.7. The summed E-state index contributed by atoms with van der Waals surface area (Å²) >= 11 is 0. The quantitative estimate of drug-likeness (QED) is 0.443. The van der Waals surface area contributed by atoms with Gasteiger partial charge in [-0.2, -0.15) is 0 Å². The summed E-state index contributed by atoms with van der Waals surface area (Å²) in [6, 6.07) is -1.89. The lowest BCUT2D eigenvalue weighted by atomic mass is 10.5. The molecule has 1 rings (SSSR count). The van der Waals surface area contributed by atoms with Crippen LogP contribution in [0.25, 0.3) is 0 Å². The van der Waals surface area contributed by atoms with Crippen LogP contribution < -0.4 is 11.1 Å². The normalized spacial score (nSPS) is 14.4. The topological polar surface area (TPSA) is 139 Å². The van der Waals surface area contributed by atoms with Crippen LogP contribution in [-0.4, -0.2) is 65.9 Å². The molecule has 0 radical (unpaired) electrons. The van der Waals surface area contributed by atoms with E-state index in [-0.39, 0.29) is 6.61 Å². The summed E-state index contributed by atoms with van der Waals surface area (Å²) in [4.78, 5) is 57.7. The average molecular weight is 286 g/mol.